The summed E-state index contributed by atoms with van der Waals surface area (Å²) in [5, 5.41) is 6.89. The third-order valence-electron chi connectivity index (χ3n) is 6.10. The van der Waals surface area contributed by atoms with E-state index in [9.17, 15) is 18.4 Å². The molecule has 0 radical (unpaired) electrons. The van der Waals surface area contributed by atoms with Crippen LogP contribution in [-0.2, 0) is 9.59 Å². The van der Waals surface area contributed by atoms with Crippen LogP contribution < -0.4 is 9.64 Å². The largest absolute Gasteiger partial charge is 0.494 e. The van der Waals surface area contributed by atoms with Gasteiger partial charge in [-0.3, -0.25) is 14.4 Å². The Morgan fingerprint density at radius 2 is 1.61 bits per heavy atom. The van der Waals surface area contributed by atoms with Crippen molar-refractivity contribution in [3.63, 3.8) is 0 Å². The number of carboxylic acid groups (broad SMARTS) is 1. The number of hydrogen-bond acceptors (Lipinski definition) is 5. The fourth-order valence-electron chi connectivity index (χ4n) is 4.36. The number of halogens is 2. The molecule has 2 aliphatic heterocycles. The number of anilines is 1. The second-order valence-corrected chi connectivity index (χ2v) is 8.63. The minimum Gasteiger partial charge on any atom is -0.494 e. The maximum Gasteiger partial charge on any atom is 0.290 e. The summed E-state index contributed by atoms with van der Waals surface area (Å²) in [4.78, 5) is 39.0. The average molecular weight is 504 g/mol. The van der Waals surface area contributed by atoms with Gasteiger partial charge in [-0.05, 0) is 68.8 Å². The van der Waals surface area contributed by atoms with Gasteiger partial charge in [0.15, 0.2) is 0 Å². The molecule has 0 saturated carbocycles. The van der Waals surface area contributed by atoms with Crippen LogP contribution in [0, 0.1) is 11.6 Å². The zero-order valence-electron chi connectivity index (χ0n) is 20.1. The molecule has 0 aromatic heterocycles. The van der Waals surface area contributed by atoms with Crippen molar-refractivity contribution < 1.29 is 33.0 Å². The van der Waals surface area contributed by atoms with Crippen LogP contribution in [0.15, 0.2) is 42.5 Å². The highest BCUT2D eigenvalue weighted by atomic mass is 19.1. The van der Waals surface area contributed by atoms with Gasteiger partial charge in [-0.15, -0.1) is 0 Å². The highest BCUT2D eigenvalue weighted by Gasteiger charge is 2.29. The molecule has 0 spiro atoms. The molecule has 2 aromatic carbocycles. The van der Waals surface area contributed by atoms with Crippen LogP contribution in [0.2, 0.25) is 0 Å². The third kappa shape index (κ3) is 7.74. The van der Waals surface area contributed by atoms with Crippen molar-refractivity contribution in [1.82, 2.24) is 9.80 Å². The summed E-state index contributed by atoms with van der Waals surface area (Å²) in [5.74, 6) is -1.70. The molecule has 0 atom stereocenters. The van der Waals surface area contributed by atoms with E-state index in [1.165, 1.54) is 37.3 Å². The van der Waals surface area contributed by atoms with Crippen molar-refractivity contribution in [1.29, 1.82) is 0 Å². The van der Waals surface area contributed by atoms with Crippen LogP contribution in [0.4, 0.5) is 14.5 Å². The fraction of sp³-hybridized carbons (Fsp3) is 0.423. The lowest BCUT2D eigenvalue weighted by Gasteiger charge is -2.34. The SMILES string of the molecule is O=C(c1cc(F)cc(F)c1)N1CCN(c2ccc(OCCCN3CCCCC3)cc2)C(=O)C1.O=CO. The lowest BCUT2D eigenvalue weighted by molar-refractivity contribution is -0.123. The quantitative estimate of drug-likeness (QED) is 0.460. The van der Waals surface area contributed by atoms with Gasteiger partial charge in [0.1, 0.15) is 23.9 Å². The number of amides is 2. The van der Waals surface area contributed by atoms with Crippen LogP contribution in [0.1, 0.15) is 36.0 Å². The molecule has 2 fully saturated rings. The lowest BCUT2D eigenvalue weighted by atomic mass is 10.1. The predicted molar refractivity (Wildman–Crippen MR) is 130 cm³/mol. The molecule has 2 amide bonds. The van der Waals surface area contributed by atoms with Crippen LogP contribution in [-0.4, -0.2) is 79.1 Å². The van der Waals surface area contributed by atoms with Crippen molar-refractivity contribution >= 4 is 24.0 Å². The van der Waals surface area contributed by atoms with Gasteiger partial charge in [0.05, 0.1) is 6.61 Å². The molecule has 2 heterocycles. The molecule has 2 saturated heterocycles. The Morgan fingerprint density at radius 3 is 2.22 bits per heavy atom. The highest BCUT2D eigenvalue weighted by molar-refractivity contribution is 6.01. The number of piperidine rings is 1. The molecule has 0 aliphatic carbocycles. The van der Waals surface area contributed by atoms with Crippen molar-refractivity contribution in [2.24, 2.45) is 0 Å². The Kier molecular flexibility index (Phi) is 10.2. The number of likely N-dealkylation sites (tertiary alicyclic amines) is 1. The number of rotatable bonds is 7. The van der Waals surface area contributed by atoms with E-state index in [2.05, 4.69) is 4.90 Å². The smallest absolute Gasteiger partial charge is 0.290 e. The molecule has 0 bridgehead atoms. The molecule has 36 heavy (non-hydrogen) atoms. The summed E-state index contributed by atoms with van der Waals surface area (Å²) < 4.78 is 32.7. The normalized spacial score (nSPS) is 16.2. The van der Waals surface area contributed by atoms with Gasteiger partial charge in [0.25, 0.3) is 12.4 Å². The Labute approximate surface area is 209 Å². The minimum atomic E-state index is -0.822. The van der Waals surface area contributed by atoms with Gasteiger partial charge < -0.3 is 24.5 Å². The average Bonchev–Trinajstić information content (AvgIpc) is 2.87. The van der Waals surface area contributed by atoms with E-state index in [-0.39, 0.29) is 31.0 Å². The van der Waals surface area contributed by atoms with E-state index in [4.69, 9.17) is 14.6 Å². The van der Waals surface area contributed by atoms with Gasteiger partial charge in [0.2, 0.25) is 5.91 Å². The molecule has 2 aromatic rings. The Hall–Kier alpha value is -3.53. The molecule has 1 N–H and O–H groups in total. The molecule has 8 nitrogen and oxygen atoms in total. The fourth-order valence-corrected chi connectivity index (χ4v) is 4.36. The first-order valence-electron chi connectivity index (χ1n) is 12.0. The molecule has 194 valence electrons. The molecule has 0 unspecified atom stereocenters. The summed E-state index contributed by atoms with van der Waals surface area (Å²) >= 11 is 0. The molecular weight excluding hydrogens is 472 g/mol. The summed E-state index contributed by atoms with van der Waals surface area (Å²) in [6, 6.07) is 10.0. The summed E-state index contributed by atoms with van der Waals surface area (Å²) in [6.07, 6.45) is 4.88. The van der Waals surface area contributed by atoms with Gasteiger partial charge in [0, 0.05) is 37.0 Å². The Balaban J connectivity index is 0.00000115. The number of piperazine rings is 1. The first-order chi connectivity index (χ1) is 17.4. The number of carbonyl (C=O) groups excluding carboxylic acids is 2. The zero-order valence-corrected chi connectivity index (χ0v) is 20.1. The van der Waals surface area contributed by atoms with Crippen LogP contribution in [0.3, 0.4) is 0 Å². The van der Waals surface area contributed by atoms with Crippen LogP contribution in [0.5, 0.6) is 5.75 Å². The topological polar surface area (TPSA) is 90.4 Å². The maximum absolute atomic E-state index is 13.4. The van der Waals surface area contributed by atoms with Crippen molar-refractivity contribution in [2.75, 3.05) is 50.8 Å². The first-order valence-corrected chi connectivity index (χ1v) is 12.0. The zero-order chi connectivity index (χ0) is 25.9. The number of hydrogen-bond donors (Lipinski definition) is 1. The molecule has 10 heteroatoms. The Morgan fingerprint density at radius 1 is 0.972 bits per heavy atom. The first kappa shape index (κ1) is 27.1. The second-order valence-electron chi connectivity index (χ2n) is 8.63. The van der Waals surface area contributed by atoms with Crippen LogP contribution >= 0.6 is 0 Å². The van der Waals surface area contributed by atoms with E-state index in [0.29, 0.717) is 19.2 Å². The summed E-state index contributed by atoms with van der Waals surface area (Å²) in [7, 11) is 0. The number of benzene rings is 2. The van der Waals surface area contributed by atoms with E-state index in [0.717, 1.165) is 36.5 Å². The van der Waals surface area contributed by atoms with Crippen LogP contribution in [0.25, 0.3) is 0 Å². The predicted octanol–water partition coefficient (Wildman–Crippen LogP) is 3.41. The van der Waals surface area contributed by atoms with Crippen molar-refractivity contribution in [3.05, 3.63) is 59.7 Å². The summed E-state index contributed by atoms with van der Waals surface area (Å²) in [6.45, 7) is 4.25. The molecule has 2 aliphatic rings. The third-order valence-corrected chi connectivity index (χ3v) is 6.10. The summed E-state index contributed by atoms with van der Waals surface area (Å²) in [5.41, 5.74) is 0.625. The van der Waals surface area contributed by atoms with E-state index in [1.807, 2.05) is 24.3 Å². The monoisotopic (exact) mass is 503 g/mol. The van der Waals surface area contributed by atoms with Gasteiger partial charge in [-0.1, -0.05) is 6.42 Å². The Bertz CT molecular complexity index is 1010. The number of nitrogens with zero attached hydrogens (tertiary/aromatic N) is 3. The van der Waals surface area contributed by atoms with Crippen molar-refractivity contribution in [2.45, 2.75) is 25.7 Å². The molecular formula is C26H31F2N3O5. The van der Waals surface area contributed by atoms with Crippen molar-refractivity contribution in [3.8, 4) is 5.75 Å². The van der Waals surface area contributed by atoms with E-state index in [1.54, 1.807) is 4.90 Å². The number of carbonyl (C=O) groups is 3. The van der Waals surface area contributed by atoms with Gasteiger partial charge >= 0.3 is 0 Å². The molecule has 4 rings (SSSR count). The highest BCUT2D eigenvalue weighted by Crippen LogP contribution is 2.22. The minimum absolute atomic E-state index is 0.101. The maximum atomic E-state index is 13.4. The standard InChI is InChI=1S/C25H29F2N3O3.CH2O2/c26-20-15-19(16-21(27)17-20)25(32)29-12-13-30(24(31)18-29)22-5-7-23(8-6-22)33-14-4-11-28-9-2-1-3-10-28;2-1-3/h5-8,15-17H,1-4,9-14,18H2;1H,(H,2,3). The van der Waals surface area contributed by atoms with Gasteiger partial charge in [-0.2, -0.15) is 0 Å². The second kappa shape index (κ2) is 13.5. The lowest BCUT2D eigenvalue weighted by Crippen LogP contribution is -2.52. The van der Waals surface area contributed by atoms with E-state index >= 15 is 0 Å². The van der Waals surface area contributed by atoms with E-state index < -0.39 is 17.5 Å². The van der Waals surface area contributed by atoms with Gasteiger partial charge in [-0.25, -0.2) is 8.78 Å². The number of ether oxygens (including phenoxy) is 1.